The molecule has 152 valence electrons. The Morgan fingerprint density at radius 2 is 1.79 bits per heavy atom. The molecule has 1 atom stereocenters. The van der Waals surface area contributed by atoms with Crippen molar-refractivity contribution in [3.63, 3.8) is 0 Å². The Kier molecular flexibility index (Phi) is 6.77. The van der Waals surface area contributed by atoms with Gasteiger partial charge in [0, 0.05) is 13.6 Å². The number of imide groups is 1. The summed E-state index contributed by atoms with van der Waals surface area (Å²) in [5.74, 6) is -1.62. The highest BCUT2D eigenvalue weighted by molar-refractivity contribution is 6.08. The van der Waals surface area contributed by atoms with Gasteiger partial charge >= 0.3 is 12.0 Å². The van der Waals surface area contributed by atoms with E-state index in [0.29, 0.717) is 19.4 Å². The van der Waals surface area contributed by atoms with Crippen LogP contribution in [0.1, 0.15) is 39.2 Å². The topological polar surface area (TPSA) is 96.0 Å². The van der Waals surface area contributed by atoms with E-state index in [1.54, 1.807) is 20.9 Å². The normalized spacial score (nSPS) is 16.5. The summed E-state index contributed by atoms with van der Waals surface area (Å²) in [6.07, 6.45) is -0.165. The van der Waals surface area contributed by atoms with Gasteiger partial charge in [0.1, 0.15) is 12.1 Å². The number of urea groups is 1. The van der Waals surface area contributed by atoms with Crippen LogP contribution in [0.3, 0.4) is 0 Å². The zero-order chi connectivity index (χ0) is 20.9. The standard InChI is InChI=1S/C20H27N3O5/c1-5-20(6-2)18(26)23(19(27)21-20)13-16(24)28-14(3)17(25)22(4)12-15-10-8-7-9-11-15/h7-11,14H,5-6,12-13H2,1-4H3,(H,21,27)/t14-/m0/s1. The summed E-state index contributed by atoms with van der Waals surface area (Å²) in [4.78, 5) is 51.6. The molecule has 8 heteroatoms. The fraction of sp³-hybridized carbons (Fsp3) is 0.500. The van der Waals surface area contributed by atoms with Crippen molar-refractivity contribution in [2.24, 2.45) is 0 Å². The van der Waals surface area contributed by atoms with Crippen molar-refractivity contribution < 1.29 is 23.9 Å². The smallest absolute Gasteiger partial charge is 0.327 e. The average molecular weight is 389 g/mol. The van der Waals surface area contributed by atoms with Gasteiger partial charge in [-0.3, -0.25) is 19.3 Å². The first-order valence-corrected chi connectivity index (χ1v) is 9.36. The molecule has 1 fully saturated rings. The van der Waals surface area contributed by atoms with Crippen LogP contribution in [0, 0.1) is 0 Å². The molecule has 0 bridgehead atoms. The molecule has 1 aliphatic heterocycles. The summed E-state index contributed by atoms with van der Waals surface area (Å²) in [6, 6.07) is 8.81. The second kappa shape index (κ2) is 8.86. The van der Waals surface area contributed by atoms with Gasteiger partial charge < -0.3 is 15.0 Å². The molecule has 1 aromatic rings. The van der Waals surface area contributed by atoms with Crippen LogP contribution in [0.4, 0.5) is 4.79 Å². The van der Waals surface area contributed by atoms with Crippen LogP contribution in [0.5, 0.6) is 0 Å². The van der Waals surface area contributed by atoms with Crippen LogP contribution in [0.25, 0.3) is 0 Å². The molecule has 0 unspecified atom stereocenters. The third-order valence-corrected chi connectivity index (χ3v) is 5.04. The summed E-state index contributed by atoms with van der Waals surface area (Å²) in [5, 5.41) is 2.65. The number of nitrogens with one attached hydrogen (secondary N) is 1. The number of amides is 4. The van der Waals surface area contributed by atoms with E-state index in [0.717, 1.165) is 10.5 Å². The third kappa shape index (κ3) is 4.49. The molecule has 1 aliphatic rings. The van der Waals surface area contributed by atoms with Crippen molar-refractivity contribution in [1.82, 2.24) is 15.1 Å². The molecule has 28 heavy (non-hydrogen) atoms. The molecule has 0 saturated carbocycles. The maximum Gasteiger partial charge on any atom is 0.327 e. The molecular formula is C20H27N3O5. The second-order valence-electron chi connectivity index (χ2n) is 6.92. The van der Waals surface area contributed by atoms with Crippen molar-refractivity contribution in [3.8, 4) is 0 Å². The molecule has 0 radical (unpaired) electrons. The van der Waals surface area contributed by atoms with E-state index >= 15 is 0 Å². The predicted octanol–water partition coefficient (Wildman–Crippen LogP) is 1.69. The van der Waals surface area contributed by atoms with E-state index in [1.165, 1.54) is 11.8 Å². The maximum absolute atomic E-state index is 12.5. The fourth-order valence-corrected chi connectivity index (χ4v) is 3.21. The van der Waals surface area contributed by atoms with Gasteiger partial charge in [0.15, 0.2) is 6.10 Å². The van der Waals surface area contributed by atoms with Gasteiger partial charge in [-0.15, -0.1) is 0 Å². The van der Waals surface area contributed by atoms with E-state index < -0.39 is 36.1 Å². The van der Waals surface area contributed by atoms with E-state index in [9.17, 15) is 19.2 Å². The highest BCUT2D eigenvalue weighted by atomic mass is 16.5. The van der Waals surface area contributed by atoms with Gasteiger partial charge in [-0.2, -0.15) is 0 Å². The number of carbonyl (C=O) groups excluding carboxylic acids is 4. The lowest BCUT2D eigenvalue weighted by Crippen LogP contribution is -2.46. The first kappa shape index (κ1) is 21.4. The van der Waals surface area contributed by atoms with E-state index in [-0.39, 0.29) is 5.91 Å². The zero-order valence-corrected chi connectivity index (χ0v) is 16.7. The number of likely N-dealkylation sites (N-methyl/N-ethyl adjacent to an activating group) is 1. The third-order valence-electron chi connectivity index (χ3n) is 5.04. The molecule has 8 nitrogen and oxygen atoms in total. The van der Waals surface area contributed by atoms with Crippen LogP contribution < -0.4 is 5.32 Å². The van der Waals surface area contributed by atoms with Crippen molar-refractivity contribution in [1.29, 1.82) is 0 Å². The van der Waals surface area contributed by atoms with Crippen LogP contribution in [-0.2, 0) is 25.7 Å². The summed E-state index contributed by atoms with van der Waals surface area (Å²) < 4.78 is 5.16. The minimum Gasteiger partial charge on any atom is -0.451 e. The molecule has 0 aliphatic carbocycles. The number of hydrogen-bond acceptors (Lipinski definition) is 5. The lowest BCUT2D eigenvalue weighted by molar-refractivity contribution is -0.160. The van der Waals surface area contributed by atoms with Crippen LogP contribution >= 0.6 is 0 Å². The predicted molar refractivity (Wildman–Crippen MR) is 102 cm³/mol. The number of carbonyl (C=O) groups is 4. The molecule has 1 N–H and O–H groups in total. The monoisotopic (exact) mass is 389 g/mol. The number of hydrogen-bond donors (Lipinski definition) is 1. The van der Waals surface area contributed by atoms with Crippen LogP contribution in [0.15, 0.2) is 30.3 Å². The van der Waals surface area contributed by atoms with E-state index in [4.69, 9.17) is 4.74 Å². The lowest BCUT2D eigenvalue weighted by atomic mass is 9.93. The van der Waals surface area contributed by atoms with Crippen molar-refractivity contribution in [2.75, 3.05) is 13.6 Å². The quantitative estimate of drug-likeness (QED) is 0.539. The average Bonchev–Trinajstić information content (AvgIpc) is 2.92. The minimum atomic E-state index is -1.02. The highest BCUT2D eigenvalue weighted by Crippen LogP contribution is 2.24. The SMILES string of the molecule is CCC1(CC)NC(=O)N(CC(=O)O[C@@H](C)C(=O)N(C)Cc2ccccc2)C1=O. The number of ether oxygens (including phenoxy) is 1. The highest BCUT2D eigenvalue weighted by Gasteiger charge is 2.49. The molecule has 1 saturated heterocycles. The summed E-state index contributed by atoms with van der Waals surface area (Å²) >= 11 is 0. The van der Waals surface area contributed by atoms with E-state index in [1.807, 2.05) is 30.3 Å². The Labute approximate surface area is 164 Å². The van der Waals surface area contributed by atoms with E-state index in [2.05, 4.69) is 5.32 Å². The van der Waals surface area contributed by atoms with Gasteiger partial charge in [0.2, 0.25) is 0 Å². The minimum absolute atomic E-state index is 0.370. The first-order valence-electron chi connectivity index (χ1n) is 9.36. The van der Waals surface area contributed by atoms with Gasteiger partial charge in [-0.1, -0.05) is 44.2 Å². The van der Waals surface area contributed by atoms with Gasteiger partial charge in [0.25, 0.3) is 11.8 Å². The van der Waals surface area contributed by atoms with Crippen LogP contribution in [-0.4, -0.2) is 58.8 Å². The zero-order valence-electron chi connectivity index (χ0n) is 16.7. The fourth-order valence-electron chi connectivity index (χ4n) is 3.21. The Bertz CT molecular complexity index is 745. The molecule has 4 amide bonds. The molecule has 0 spiro atoms. The molecule has 2 rings (SSSR count). The molecule has 1 heterocycles. The molecule has 0 aromatic heterocycles. The van der Waals surface area contributed by atoms with Crippen molar-refractivity contribution in [2.45, 2.75) is 51.8 Å². The number of rotatable bonds is 8. The summed E-state index contributed by atoms with van der Waals surface area (Å²) in [5.41, 5.74) is -0.0268. The molecular weight excluding hydrogens is 362 g/mol. The van der Waals surface area contributed by atoms with Crippen molar-refractivity contribution >= 4 is 23.8 Å². The summed E-state index contributed by atoms with van der Waals surface area (Å²) in [6.45, 7) is 4.92. The van der Waals surface area contributed by atoms with Gasteiger partial charge in [-0.05, 0) is 25.3 Å². The second-order valence-corrected chi connectivity index (χ2v) is 6.92. The summed E-state index contributed by atoms with van der Waals surface area (Å²) in [7, 11) is 1.62. The Balaban J connectivity index is 1.92. The van der Waals surface area contributed by atoms with Gasteiger partial charge in [-0.25, -0.2) is 4.79 Å². The lowest BCUT2D eigenvalue weighted by Gasteiger charge is -2.23. The number of benzene rings is 1. The number of esters is 1. The Hall–Kier alpha value is -2.90. The van der Waals surface area contributed by atoms with Gasteiger partial charge in [0.05, 0.1) is 0 Å². The number of nitrogens with zero attached hydrogens (tertiary/aromatic N) is 2. The largest absolute Gasteiger partial charge is 0.451 e. The first-order chi connectivity index (χ1) is 13.2. The molecule has 1 aromatic carbocycles. The van der Waals surface area contributed by atoms with Crippen molar-refractivity contribution in [3.05, 3.63) is 35.9 Å². The Morgan fingerprint density at radius 3 is 2.32 bits per heavy atom. The van der Waals surface area contributed by atoms with Crippen LogP contribution in [0.2, 0.25) is 0 Å². The Morgan fingerprint density at radius 1 is 1.18 bits per heavy atom. The maximum atomic E-state index is 12.5.